The van der Waals surface area contributed by atoms with E-state index in [-0.39, 0.29) is 29.7 Å². The van der Waals surface area contributed by atoms with Crippen molar-refractivity contribution in [3.8, 4) is 5.88 Å². The van der Waals surface area contributed by atoms with Gasteiger partial charge in [-0.15, -0.1) is 0 Å². The van der Waals surface area contributed by atoms with Gasteiger partial charge >= 0.3 is 0 Å². The summed E-state index contributed by atoms with van der Waals surface area (Å²) in [5.74, 6) is -0.914. The molecule has 0 aliphatic carbocycles. The lowest BCUT2D eigenvalue weighted by atomic mass is 9.83. The van der Waals surface area contributed by atoms with Gasteiger partial charge in [0.1, 0.15) is 17.1 Å². The second-order valence-electron chi connectivity index (χ2n) is 7.14. The summed E-state index contributed by atoms with van der Waals surface area (Å²) in [5, 5.41) is 13.3. The molecule has 3 unspecified atom stereocenters. The van der Waals surface area contributed by atoms with E-state index in [0.717, 1.165) is 0 Å². The van der Waals surface area contributed by atoms with E-state index in [4.69, 9.17) is 14.9 Å². The van der Waals surface area contributed by atoms with Crippen molar-refractivity contribution in [3.05, 3.63) is 47.7 Å². The molecule has 1 amide bonds. The molecule has 0 saturated carbocycles. The number of carbonyl (C=O) groups excluding carboxylic acids is 1. The number of fused-ring (bicyclic) bond motifs is 1. The molecule has 10 nitrogen and oxygen atoms in total. The van der Waals surface area contributed by atoms with Gasteiger partial charge in [0.2, 0.25) is 11.8 Å². The smallest absolute Gasteiger partial charge is 0.275 e. The molecule has 31 heavy (non-hydrogen) atoms. The third-order valence-corrected chi connectivity index (χ3v) is 7.20. The molecule has 2 fully saturated rings. The third-order valence-electron chi connectivity index (χ3n) is 5.35. The number of guanidine groups is 1. The number of ether oxygens (including phenoxy) is 2. The lowest BCUT2D eigenvalue weighted by molar-refractivity contribution is 0.0237. The minimum Gasteiger partial charge on any atom is -0.593 e. The van der Waals surface area contributed by atoms with Crippen LogP contribution in [-0.2, 0) is 21.6 Å². The second kappa shape index (κ2) is 8.29. The quantitative estimate of drug-likeness (QED) is 0.590. The zero-order valence-electron chi connectivity index (χ0n) is 16.8. The number of carbonyl (C=O) groups is 1. The Kier molecular flexibility index (Phi) is 5.69. The minimum atomic E-state index is -1.55. The number of hydrogen-bond acceptors (Lipinski definition) is 7. The number of anilines is 1. The maximum Gasteiger partial charge on any atom is 0.275 e. The molecular formula is C19H21FN6O4S. The van der Waals surface area contributed by atoms with E-state index in [1.165, 1.54) is 42.0 Å². The van der Waals surface area contributed by atoms with Crippen molar-refractivity contribution in [3.63, 3.8) is 0 Å². The Morgan fingerprint density at radius 2 is 2.29 bits per heavy atom. The van der Waals surface area contributed by atoms with Crippen LogP contribution in [0.5, 0.6) is 5.88 Å². The SMILES string of the molecule is COc1cnc(C(=O)Nc2ccc(F)c(C34COCCC3[S+]([O-])N(C)C(=N)N4)c2)cn1. The van der Waals surface area contributed by atoms with Crippen LogP contribution in [0, 0.1) is 11.2 Å². The topological polar surface area (TPSA) is 136 Å². The molecule has 4 rings (SSSR count). The summed E-state index contributed by atoms with van der Waals surface area (Å²) in [7, 11) is 2.99. The van der Waals surface area contributed by atoms with Gasteiger partial charge in [0.05, 0.1) is 51.1 Å². The van der Waals surface area contributed by atoms with E-state index in [0.29, 0.717) is 18.7 Å². The Labute approximate surface area is 181 Å². The van der Waals surface area contributed by atoms with E-state index < -0.39 is 33.9 Å². The fraction of sp³-hybridized carbons (Fsp3) is 0.368. The van der Waals surface area contributed by atoms with Gasteiger partial charge in [-0.2, -0.15) is 4.31 Å². The Bertz CT molecular complexity index is 1010. The van der Waals surface area contributed by atoms with E-state index in [2.05, 4.69) is 20.6 Å². The summed E-state index contributed by atoms with van der Waals surface area (Å²) in [5.41, 5.74) is -0.654. The molecule has 3 heterocycles. The molecule has 0 spiro atoms. The van der Waals surface area contributed by atoms with Crippen molar-refractivity contribution in [1.82, 2.24) is 19.6 Å². The van der Waals surface area contributed by atoms with E-state index >= 15 is 0 Å². The Hall–Kier alpha value is -2.96. The van der Waals surface area contributed by atoms with Crippen molar-refractivity contribution in [2.45, 2.75) is 17.2 Å². The van der Waals surface area contributed by atoms with E-state index in [9.17, 15) is 13.7 Å². The average molecular weight is 448 g/mol. The molecule has 12 heteroatoms. The summed E-state index contributed by atoms with van der Waals surface area (Å²) in [6, 6.07) is 4.10. The second-order valence-corrected chi connectivity index (χ2v) is 8.81. The molecule has 3 atom stereocenters. The van der Waals surface area contributed by atoms with Gasteiger partial charge in [0, 0.05) is 17.7 Å². The van der Waals surface area contributed by atoms with Crippen molar-refractivity contribution in [2.24, 2.45) is 0 Å². The van der Waals surface area contributed by atoms with Crippen LogP contribution in [0.4, 0.5) is 10.1 Å². The molecule has 2 aliphatic rings. The van der Waals surface area contributed by atoms with Crippen LogP contribution in [0.15, 0.2) is 30.6 Å². The van der Waals surface area contributed by atoms with Crippen LogP contribution in [0.2, 0.25) is 0 Å². The standard InChI is InChI=1S/C19H21FN6O4S/c1-26-18(21)25-19(10-30-6-5-15(19)31(26)28)12-7-11(3-4-13(12)20)24-17(27)14-8-23-16(29-2)9-22-14/h3-4,7-9,15H,5-6,10H2,1-2H3,(H2,21,25)(H,24,27). The molecule has 0 bridgehead atoms. The molecule has 3 N–H and O–H groups in total. The molecule has 2 aliphatic heterocycles. The first-order valence-corrected chi connectivity index (χ1v) is 10.6. The van der Waals surface area contributed by atoms with Gasteiger partial charge in [-0.3, -0.25) is 10.2 Å². The molecular weight excluding hydrogens is 427 g/mol. The van der Waals surface area contributed by atoms with Crippen molar-refractivity contribution >= 4 is 28.9 Å². The van der Waals surface area contributed by atoms with Crippen LogP contribution in [0.3, 0.4) is 0 Å². The number of nitrogens with one attached hydrogen (secondary N) is 3. The van der Waals surface area contributed by atoms with Gasteiger partial charge in [0.15, 0.2) is 5.25 Å². The lowest BCUT2D eigenvalue weighted by Crippen LogP contribution is -2.70. The number of rotatable bonds is 4. The first-order chi connectivity index (χ1) is 14.9. The summed E-state index contributed by atoms with van der Waals surface area (Å²) in [6.07, 6.45) is 3.01. The van der Waals surface area contributed by atoms with Gasteiger partial charge in [-0.1, -0.05) is 0 Å². The first-order valence-electron chi connectivity index (χ1n) is 9.42. The predicted octanol–water partition coefficient (Wildman–Crippen LogP) is 0.994. The number of benzene rings is 1. The molecule has 0 radical (unpaired) electrons. The highest BCUT2D eigenvalue weighted by atomic mass is 32.2. The normalized spacial score (nSPS) is 25.4. The van der Waals surface area contributed by atoms with Crippen LogP contribution < -0.4 is 15.4 Å². The Balaban J connectivity index is 1.66. The number of nitrogens with zero attached hydrogens (tertiary/aromatic N) is 3. The number of amides is 1. The summed E-state index contributed by atoms with van der Waals surface area (Å²) < 4.78 is 39.8. The monoisotopic (exact) mass is 448 g/mol. The van der Waals surface area contributed by atoms with Gasteiger partial charge in [-0.25, -0.2) is 14.4 Å². The van der Waals surface area contributed by atoms with Crippen LogP contribution >= 0.6 is 0 Å². The summed E-state index contributed by atoms with van der Waals surface area (Å²) in [4.78, 5) is 20.5. The molecule has 164 valence electrons. The maximum atomic E-state index is 15.0. The van der Waals surface area contributed by atoms with Crippen molar-refractivity contribution in [1.29, 1.82) is 5.41 Å². The highest BCUT2D eigenvalue weighted by Gasteiger charge is 2.57. The largest absolute Gasteiger partial charge is 0.593 e. The highest BCUT2D eigenvalue weighted by molar-refractivity contribution is 7.90. The zero-order chi connectivity index (χ0) is 22.2. The number of hydrogen-bond donors (Lipinski definition) is 3. The van der Waals surface area contributed by atoms with Crippen LogP contribution in [0.25, 0.3) is 0 Å². The fourth-order valence-corrected chi connectivity index (χ4v) is 5.22. The maximum absolute atomic E-state index is 15.0. The number of halogens is 1. The predicted molar refractivity (Wildman–Crippen MR) is 111 cm³/mol. The lowest BCUT2D eigenvalue weighted by Gasteiger charge is -2.49. The van der Waals surface area contributed by atoms with Gasteiger partial charge < -0.3 is 24.7 Å². The minimum absolute atomic E-state index is 0.0396. The summed E-state index contributed by atoms with van der Waals surface area (Å²) >= 11 is -1.55. The molecule has 1 aromatic carbocycles. The van der Waals surface area contributed by atoms with Gasteiger partial charge in [-0.05, 0) is 18.2 Å². The number of methoxy groups -OCH3 is 1. The Morgan fingerprint density at radius 1 is 1.48 bits per heavy atom. The highest BCUT2D eigenvalue weighted by Crippen LogP contribution is 2.41. The zero-order valence-corrected chi connectivity index (χ0v) is 17.7. The third kappa shape index (κ3) is 3.77. The molecule has 2 saturated heterocycles. The first kappa shape index (κ1) is 21.3. The van der Waals surface area contributed by atoms with E-state index in [1.807, 2.05) is 0 Å². The molecule has 2 aromatic rings. The van der Waals surface area contributed by atoms with Crippen LogP contribution in [-0.4, -0.2) is 63.3 Å². The fourth-order valence-electron chi connectivity index (χ4n) is 3.72. The molecule has 1 aromatic heterocycles. The number of aromatic nitrogens is 2. The summed E-state index contributed by atoms with van der Waals surface area (Å²) in [6.45, 7) is 0.424. The van der Waals surface area contributed by atoms with E-state index in [1.54, 1.807) is 7.05 Å². The van der Waals surface area contributed by atoms with Crippen LogP contribution in [0.1, 0.15) is 22.5 Å². The van der Waals surface area contributed by atoms with Crippen molar-refractivity contribution < 1.29 is 23.2 Å². The average Bonchev–Trinajstić information content (AvgIpc) is 2.78. The Morgan fingerprint density at radius 3 is 3.00 bits per heavy atom. The van der Waals surface area contributed by atoms with Gasteiger partial charge in [0.25, 0.3) is 5.91 Å². The van der Waals surface area contributed by atoms with Crippen molar-refractivity contribution in [2.75, 3.05) is 32.7 Å².